The Morgan fingerprint density at radius 3 is 2.57 bits per heavy atom. The molecule has 76 valence electrons. The van der Waals surface area contributed by atoms with Crippen molar-refractivity contribution in [3.05, 3.63) is 34.6 Å². The largest absolute Gasteiger partial charge is 0.385 e. The zero-order valence-corrected chi connectivity index (χ0v) is 8.52. The monoisotopic (exact) mass is 214 g/mol. The molecular formula is C11H12ClFO. The summed E-state index contributed by atoms with van der Waals surface area (Å²) in [6.07, 6.45) is 3.15. The van der Waals surface area contributed by atoms with Crippen molar-refractivity contribution in [3.8, 4) is 0 Å². The lowest BCUT2D eigenvalue weighted by Gasteiger charge is -2.23. The van der Waals surface area contributed by atoms with Crippen LogP contribution in [0.1, 0.15) is 31.2 Å². The summed E-state index contributed by atoms with van der Waals surface area (Å²) in [6.45, 7) is 0. The van der Waals surface area contributed by atoms with Gasteiger partial charge < -0.3 is 5.11 Å². The minimum absolute atomic E-state index is 0.350. The summed E-state index contributed by atoms with van der Waals surface area (Å²) in [7, 11) is 0. The average molecular weight is 215 g/mol. The van der Waals surface area contributed by atoms with E-state index in [9.17, 15) is 9.50 Å². The molecule has 0 spiro atoms. The van der Waals surface area contributed by atoms with Gasteiger partial charge >= 0.3 is 0 Å². The molecule has 0 aliphatic heterocycles. The normalized spacial score (nSPS) is 19.9. The summed E-state index contributed by atoms with van der Waals surface area (Å²) < 4.78 is 13.4. The number of aliphatic hydroxyl groups is 1. The van der Waals surface area contributed by atoms with Crippen LogP contribution >= 0.6 is 11.6 Å². The maximum absolute atomic E-state index is 13.4. The zero-order chi connectivity index (χ0) is 10.2. The predicted molar refractivity (Wildman–Crippen MR) is 53.8 cm³/mol. The first kappa shape index (κ1) is 9.94. The van der Waals surface area contributed by atoms with Gasteiger partial charge in [-0.15, -0.1) is 0 Å². The van der Waals surface area contributed by atoms with Crippen LogP contribution in [0.25, 0.3) is 0 Å². The number of hydrogen-bond donors (Lipinski definition) is 1. The van der Waals surface area contributed by atoms with E-state index in [2.05, 4.69) is 0 Å². The van der Waals surface area contributed by atoms with Gasteiger partial charge in [-0.1, -0.05) is 24.4 Å². The van der Waals surface area contributed by atoms with Crippen molar-refractivity contribution < 1.29 is 9.50 Å². The highest BCUT2D eigenvalue weighted by atomic mass is 35.5. The molecule has 0 saturated heterocycles. The van der Waals surface area contributed by atoms with Gasteiger partial charge in [-0.05, 0) is 31.0 Å². The summed E-state index contributed by atoms with van der Waals surface area (Å²) in [6, 6.07) is 4.34. The van der Waals surface area contributed by atoms with E-state index >= 15 is 0 Å². The highest BCUT2D eigenvalue weighted by Crippen LogP contribution is 2.40. The molecule has 0 heterocycles. The molecule has 3 heteroatoms. The molecule has 1 aliphatic carbocycles. The van der Waals surface area contributed by atoms with Crippen molar-refractivity contribution in [2.45, 2.75) is 31.3 Å². The molecule has 1 nitrogen and oxygen atoms in total. The fourth-order valence-electron chi connectivity index (χ4n) is 2.08. The Kier molecular flexibility index (Phi) is 2.50. The second-order valence-electron chi connectivity index (χ2n) is 3.86. The summed E-state index contributed by atoms with van der Waals surface area (Å²) in [5.41, 5.74) is -0.642. The Morgan fingerprint density at radius 2 is 1.93 bits per heavy atom. The minimum Gasteiger partial charge on any atom is -0.385 e. The van der Waals surface area contributed by atoms with Gasteiger partial charge in [-0.2, -0.15) is 0 Å². The Labute approximate surface area is 87.5 Å². The maximum atomic E-state index is 13.4. The molecular weight excluding hydrogens is 203 g/mol. The molecule has 0 amide bonds. The smallest absolute Gasteiger partial charge is 0.129 e. The number of benzene rings is 1. The molecule has 0 atom stereocenters. The number of rotatable bonds is 1. The van der Waals surface area contributed by atoms with Crippen LogP contribution in [0.5, 0.6) is 0 Å². The first-order valence-electron chi connectivity index (χ1n) is 4.80. The third kappa shape index (κ3) is 1.64. The third-order valence-electron chi connectivity index (χ3n) is 2.86. The molecule has 0 aromatic heterocycles. The molecule has 1 aliphatic rings. The van der Waals surface area contributed by atoms with Crippen LogP contribution in [0, 0.1) is 5.82 Å². The van der Waals surface area contributed by atoms with Crippen LogP contribution in [-0.4, -0.2) is 5.11 Å². The van der Waals surface area contributed by atoms with E-state index in [0.29, 0.717) is 23.4 Å². The first-order valence-corrected chi connectivity index (χ1v) is 5.17. The summed E-state index contributed by atoms with van der Waals surface area (Å²) in [5, 5.41) is 10.6. The van der Waals surface area contributed by atoms with E-state index in [4.69, 9.17) is 11.6 Å². The van der Waals surface area contributed by atoms with Crippen molar-refractivity contribution in [2.75, 3.05) is 0 Å². The number of halogens is 2. The van der Waals surface area contributed by atoms with Crippen molar-refractivity contribution in [2.24, 2.45) is 0 Å². The molecule has 1 aromatic carbocycles. The first-order chi connectivity index (χ1) is 6.62. The van der Waals surface area contributed by atoms with E-state index in [1.165, 1.54) is 18.2 Å². The predicted octanol–water partition coefficient (Wildman–Crippen LogP) is 3.24. The van der Waals surface area contributed by atoms with E-state index in [-0.39, 0.29) is 5.82 Å². The maximum Gasteiger partial charge on any atom is 0.129 e. The summed E-state index contributed by atoms with van der Waals surface area (Å²) in [4.78, 5) is 0. The van der Waals surface area contributed by atoms with Gasteiger partial charge in [0.2, 0.25) is 0 Å². The highest BCUT2D eigenvalue weighted by Gasteiger charge is 2.35. The third-order valence-corrected chi connectivity index (χ3v) is 3.10. The van der Waals surface area contributed by atoms with Gasteiger partial charge in [0.05, 0.1) is 5.60 Å². The quantitative estimate of drug-likeness (QED) is 0.761. The Bertz CT molecular complexity index is 345. The molecule has 14 heavy (non-hydrogen) atoms. The fraction of sp³-hybridized carbons (Fsp3) is 0.455. The van der Waals surface area contributed by atoms with Crippen LogP contribution in [-0.2, 0) is 5.60 Å². The van der Waals surface area contributed by atoms with Crippen molar-refractivity contribution in [1.82, 2.24) is 0 Å². The van der Waals surface area contributed by atoms with Crippen LogP contribution in [0.3, 0.4) is 0 Å². The minimum atomic E-state index is -0.991. The lowest BCUT2D eigenvalue weighted by molar-refractivity contribution is 0.0408. The van der Waals surface area contributed by atoms with Gasteiger partial charge in [-0.3, -0.25) is 0 Å². The molecule has 1 fully saturated rings. The summed E-state index contributed by atoms with van der Waals surface area (Å²) in [5.74, 6) is -0.362. The van der Waals surface area contributed by atoms with Gasteiger partial charge in [0.15, 0.2) is 0 Å². The van der Waals surface area contributed by atoms with Crippen molar-refractivity contribution in [1.29, 1.82) is 0 Å². The lowest BCUT2D eigenvalue weighted by atomic mass is 9.92. The topological polar surface area (TPSA) is 20.2 Å². The lowest BCUT2D eigenvalue weighted by Crippen LogP contribution is -2.22. The van der Waals surface area contributed by atoms with Crippen LogP contribution < -0.4 is 0 Å². The van der Waals surface area contributed by atoms with Gasteiger partial charge in [0.1, 0.15) is 5.82 Å². The fourth-order valence-corrected chi connectivity index (χ4v) is 2.26. The molecule has 1 aromatic rings. The molecule has 1 N–H and O–H groups in total. The standard InChI is InChI=1S/C11H12ClFO/c12-8-3-4-10(13)9(7-8)11(14)5-1-2-6-11/h3-4,7,14H,1-2,5-6H2. The average Bonchev–Trinajstić information content (AvgIpc) is 2.58. The Hall–Kier alpha value is -0.600. The van der Waals surface area contributed by atoms with Crippen LogP contribution in [0.15, 0.2) is 18.2 Å². The summed E-state index contributed by atoms with van der Waals surface area (Å²) >= 11 is 5.78. The van der Waals surface area contributed by atoms with Gasteiger partial charge in [0, 0.05) is 10.6 Å². The Morgan fingerprint density at radius 1 is 1.29 bits per heavy atom. The highest BCUT2D eigenvalue weighted by molar-refractivity contribution is 6.30. The van der Waals surface area contributed by atoms with Gasteiger partial charge in [-0.25, -0.2) is 4.39 Å². The molecule has 1 saturated carbocycles. The van der Waals surface area contributed by atoms with Crippen molar-refractivity contribution in [3.63, 3.8) is 0 Å². The number of hydrogen-bond acceptors (Lipinski definition) is 1. The SMILES string of the molecule is OC1(c2cc(Cl)ccc2F)CCCC1. The Balaban J connectivity index is 2.44. The van der Waals surface area contributed by atoms with Crippen LogP contribution in [0.4, 0.5) is 4.39 Å². The van der Waals surface area contributed by atoms with E-state index in [1.54, 1.807) is 0 Å². The molecule has 0 radical (unpaired) electrons. The van der Waals surface area contributed by atoms with Crippen molar-refractivity contribution >= 4 is 11.6 Å². The second-order valence-corrected chi connectivity index (χ2v) is 4.30. The van der Waals surface area contributed by atoms with E-state index in [1.807, 2.05) is 0 Å². The van der Waals surface area contributed by atoms with Crippen LogP contribution in [0.2, 0.25) is 5.02 Å². The van der Waals surface area contributed by atoms with E-state index < -0.39 is 5.60 Å². The second kappa shape index (κ2) is 3.52. The zero-order valence-electron chi connectivity index (χ0n) is 7.76. The molecule has 2 rings (SSSR count). The molecule has 0 unspecified atom stereocenters. The van der Waals surface area contributed by atoms with Gasteiger partial charge in [0.25, 0.3) is 0 Å². The van der Waals surface area contributed by atoms with E-state index in [0.717, 1.165) is 12.8 Å². The molecule has 0 bridgehead atoms.